The molecule has 1 aliphatic rings. The van der Waals surface area contributed by atoms with Crippen LogP contribution in [0.25, 0.3) is 0 Å². The van der Waals surface area contributed by atoms with Crippen LogP contribution in [0.3, 0.4) is 0 Å². The number of fused-ring (bicyclic) bond motifs is 1. The first-order valence-electron chi connectivity index (χ1n) is 7.11. The van der Waals surface area contributed by atoms with Crippen LogP contribution in [-0.4, -0.2) is 12.4 Å². The van der Waals surface area contributed by atoms with Crippen molar-refractivity contribution in [1.29, 1.82) is 0 Å². The molecule has 2 unspecified atom stereocenters. The molecule has 0 spiro atoms. The van der Waals surface area contributed by atoms with Crippen molar-refractivity contribution in [3.05, 3.63) is 35.4 Å². The summed E-state index contributed by atoms with van der Waals surface area (Å²) in [4.78, 5) is 0. The van der Waals surface area contributed by atoms with Gasteiger partial charge in [-0.15, -0.1) is 0 Å². The molecular weight excluding hydrogens is 240 g/mol. The fourth-order valence-corrected chi connectivity index (χ4v) is 3.10. The first-order chi connectivity index (χ1) is 8.81. The molecule has 0 saturated carbocycles. The normalized spacial score (nSPS) is 20.4. The minimum Gasteiger partial charge on any atom is -0.374 e. The van der Waals surface area contributed by atoms with Crippen LogP contribution in [0.4, 0.5) is 0 Å². The van der Waals surface area contributed by atoms with E-state index in [0.29, 0.717) is 6.10 Å². The van der Waals surface area contributed by atoms with Crippen molar-refractivity contribution in [2.75, 3.05) is 12.4 Å². The lowest BCUT2D eigenvalue weighted by atomic mass is 9.89. The Morgan fingerprint density at radius 3 is 3.00 bits per heavy atom. The van der Waals surface area contributed by atoms with Crippen molar-refractivity contribution in [2.45, 2.75) is 45.1 Å². The lowest BCUT2D eigenvalue weighted by Gasteiger charge is -2.26. The summed E-state index contributed by atoms with van der Waals surface area (Å²) < 4.78 is 6.10. The Morgan fingerprint density at radius 1 is 1.33 bits per heavy atom. The Bertz CT molecular complexity index is 364. The average Bonchev–Trinajstić information content (AvgIpc) is 2.39. The fraction of sp³-hybridized carbons (Fsp3) is 0.625. The SMILES string of the molecule is CC(CCS)CCOC1CCCc2ccccc21. The molecule has 100 valence electrons. The molecule has 0 amide bonds. The maximum Gasteiger partial charge on any atom is 0.0827 e. The third kappa shape index (κ3) is 3.76. The van der Waals surface area contributed by atoms with E-state index in [-0.39, 0.29) is 0 Å². The van der Waals surface area contributed by atoms with Gasteiger partial charge in [-0.1, -0.05) is 31.2 Å². The summed E-state index contributed by atoms with van der Waals surface area (Å²) in [5, 5.41) is 0. The Balaban J connectivity index is 1.84. The largest absolute Gasteiger partial charge is 0.374 e. The third-order valence-electron chi connectivity index (χ3n) is 3.87. The van der Waals surface area contributed by atoms with Crippen LogP contribution in [0.5, 0.6) is 0 Å². The molecule has 1 nitrogen and oxygen atoms in total. The number of thiol groups is 1. The van der Waals surface area contributed by atoms with E-state index < -0.39 is 0 Å². The summed E-state index contributed by atoms with van der Waals surface area (Å²) in [7, 11) is 0. The van der Waals surface area contributed by atoms with Gasteiger partial charge < -0.3 is 4.74 Å². The van der Waals surface area contributed by atoms with E-state index in [9.17, 15) is 0 Å². The molecule has 1 aromatic carbocycles. The third-order valence-corrected chi connectivity index (χ3v) is 4.12. The molecule has 2 rings (SSSR count). The van der Waals surface area contributed by atoms with E-state index >= 15 is 0 Å². The predicted molar refractivity (Wildman–Crippen MR) is 80.3 cm³/mol. The zero-order valence-electron chi connectivity index (χ0n) is 11.3. The highest BCUT2D eigenvalue weighted by Gasteiger charge is 2.20. The number of ether oxygens (including phenoxy) is 1. The molecule has 0 saturated heterocycles. The summed E-state index contributed by atoms with van der Waals surface area (Å²) in [5.74, 6) is 1.70. The van der Waals surface area contributed by atoms with Crippen molar-refractivity contribution < 1.29 is 4.74 Å². The zero-order valence-corrected chi connectivity index (χ0v) is 12.2. The Kier molecular flexibility index (Phi) is 5.58. The van der Waals surface area contributed by atoms with Crippen molar-refractivity contribution in [2.24, 2.45) is 5.92 Å². The zero-order chi connectivity index (χ0) is 12.8. The van der Waals surface area contributed by atoms with E-state index in [4.69, 9.17) is 4.74 Å². The summed E-state index contributed by atoms with van der Waals surface area (Å²) in [5.41, 5.74) is 2.91. The summed E-state index contributed by atoms with van der Waals surface area (Å²) >= 11 is 4.28. The maximum absolute atomic E-state index is 6.10. The smallest absolute Gasteiger partial charge is 0.0827 e. The van der Waals surface area contributed by atoms with Gasteiger partial charge in [0.1, 0.15) is 0 Å². The monoisotopic (exact) mass is 264 g/mol. The van der Waals surface area contributed by atoms with Crippen LogP contribution in [0, 0.1) is 5.92 Å². The molecule has 18 heavy (non-hydrogen) atoms. The van der Waals surface area contributed by atoms with Gasteiger partial charge in [-0.2, -0.15) is 12.6 Å². The van der Waals surface area contributed by atoms with Crippen molar-refractivity contribution >= 4 is 12.6 Å². The number of hydrogen-bond acceptors (Lipinski definition) is 2. The van der Waals surface area contributed by atoms with Crippen LogP contribution in [0.15, 0.2) is 24.3 Å². The molecule has 0 heterocycles. The number of rotatable bonds is 6. The average molecular weight is 264 g/mol. The molecule has 0 aromatic heterocycles. The second-order valence-corrected chi connectivity index (χ2v) is 5.80. The molecule has 1 aromatic rings. The Morgan fingerprint density at radius 2 is 2.17 bits per heavy atom. The fourth-order valence-electron chi connectivity index (χ4n) is 2.66. The highest BCUT2D eigenvalue weighted by molar-refractivity contribution is 7.80. The molecule has 0 radical (unpaired) electrons. The first-order valence-corrected chi connectivity index (χ1v) is 7.74. The quantitative estimate of drug-likeness (QED) is 0.748. The van der Waals surface area contributed by atoms with E-state index in [1.165, 1.54) is 36.8 Å². The first kappa shape index (κ1) is 14.0. The van der Waals surface area contributed by atoms with Crippen molar-refractivity contribution in [1.82, 2.24) is 0 Å². The van der Waals surface area contributed by atoms with Gasteiger partial charge in [-0.05, 0) is 54.9 Å². The van der Waals surface area contributed by atoms with Crippen LogP contribution >= 0.6 is 12.6 Å². The number of hydrogen-bond donors (Lipinski definition) is 1. The van der Waals surface area contributed by atoms with Gasteiger partial charge in [0.2, 0.25) is 0 Å². The van der Waals surface area contributed by atoms with Gasteiger partial charge in [0.25, 0.3) is 0 Å². The number of aryl methyl sites for hydroxylation is 1. The predicted octanol–water partition coefficient (Wildman–Crippen LogP) is 4.43. The lowest BCUT2D eigenvalue weighted by Crippen LogP contribution is -2.14. The van der Waals surface area contributed by atoms with E-state index in [1.54, 1.807) is 0 Å². The molecule has 0 N–H and O–H groups in total. The Hall–Kier alpha value is -0.470. The second kappa shape index (κ2) is 7.20. The number of benzene rings is 1. The van der Waals surface area contributed by atoms with Crippen LogP contribution in [0.1, 0.15) is 49.8 Å². The highest BCUT2D eigenvalue weighted by Crippen LogP contribution is 2.32. The van der Waals surface area contributed by atoms with Gasteiger partial charge in [0.15, 0.2) is 0 Å². The van der Waals surface area contributed by atoms with Gasteiger partial charge in [-0.3, -0.25) is 0 Å². The Labute approximate surface area is 116 Å². The highest BCUT2D eigenvalue weighted by atomic mass is 32.1. The van der Waals surface area contributed by atoms with Gasteiger partial charge >= 0.3 is 0 Å². The van der Waals surface area contributed by atoms with Crippen molar-refractivity contribution in [3.63, 3.8) is 0 Å². The van der Waals surface area contributed by atoms with Crippen LogP contribution in [0.2, 0.25) is 0 Å². The van der Waals surface area contributed by atoms with E-state index in [1.807, 2.05) is 0 Å². The minimum absolute atomic E-state index is 0.332. The molecule has 0 fully saturated rings. The minimum atomic E-state index is 0.332. The summed E-state index contributed by atoms with van der Waals surface area (Å²) in [6.07, 6.45) is 6.32. The standard InChI is InChI=1S/C16H24OS/c1-13(10-12-18)9-11-17-16-8-4-6-14-5-2-3-7-15(14)16/h2-3,5,7,13,16,18H,4,6,8-12H2,1H3. The molecule has 2 atom stereocenters. The molecule has 1 aliphatic carbocycles. The van der Waals surface area contributed by atoms with Gasteiger partial charge in [0.05, 0.1) is 6.10 Å². The molecule has 0 bridgehead atoms. The molecule has 0 aliphatic heterocycles. The van der Waals surface area contributed by atoms with Gasteiger partial charge in [-0.25, -0.2) is 0 Å². The molecular formula is C16H24OS. The van der Waals surface area contributed by atoms with Gasteiger partial charge in [0, 0.05) is 6.61 Å². The van der Waals surface area contributed by atoms with E-state index in [2.05, 4.69) is 43.8 Å². The van der Waals surface area contributed by atoms with Crippen LogP contribution in [-0.2, 0) is 11.2 Å². The topological polar surface area (TPSA) is 9.23 Å². The summed E-state index contributed by atoms with van der Waals surface area (Å²) in [6.45, 7) is 3.17. The van der Waals surface area contributed by atoms with Crippen molar-refractivity contribution in [3.8, 4) is 0 Å². The lowest BCUT2D eigenvalue weighted by molar-refractivity contribution is 0.0334. The van der Waals surface area contributed by atoms with Crippen LogP contribution < -0.4 is 0 Å². The summed E-state index contributed by atoms with van der Waals surface area (Å²) in [6, 6.07) is 8.74. The second-order valence-electron chi connectivity index (χ2n) is 5.36. The maximum atomic E-state index is 6.10. The molecule has 2 heteroatoms. The van der Waals surface area contributed by atoms with E-state index in [0.717, 1.165) is 24.7 Å².